The fraction of sp³-hybridized carbons (Fsp3) is 0.0667. The zero-order valence-electron chi connectivity index (χ0n) is 10.8. The lowest BCUT2D eigenvalue weighted by Crippen LogP contribution is -2.00. The predicted molar refractivity (Wildman–Crippen MR) is 81.8 cm³/mol. The van der Waals surface area contributed by atoms with Crippen molar-refractivity contribution in [2.45, 2.75) is 6.54 Å². The van der Waals surface area contributed by atoms with E-state index in [1.807, 2.05) is 35.0 Å². The second kappa shape index (κ2) is 5.29. The Morgan fingerprint density at radius 1 is 1.19 bits per heavy atom. The van der Waals surface area contributed by atoms with E-state index in [4.69, 9.17) is 0 Å². The highest BCUT2D eigenvalue weighted by Gasteiger charge is 2.11. The molecule has 0 atom stereocenters. The van der Waals surface area contributed by atoms with E-state index in [1.165, 1.54) is 12.1 Å². The van der Waals surface area contributed by atoms with Crippen LogP contribution < -0.4 is 0 Å². The quantitative estimate of drug-likeness (QED) is 0.516. The van der Waals surface area contributed by atoms with Crippen LogP contribution in [0.2, 0.25) is 0 Å². The summed E-state index contributed by atoms with van der Waals surface area (Å²) in [4.78, 5) is 10.2. The van der Waals surface area contributed by atoms with Crippen LogP contribution in [0.5, 0.6) is 0 Å². The molecule has 2 aromatic carbocycles. The van der Waals surface area contributed by atoms with Gasteiger partial charge in [-0.2, -0.15) is 0 Å². The van der Waals surface area contributed by atoms with E-state index in [1.54, 1.807) is 0 Å². The molecule has 1 aromatic heterocycles. The van der Waals surface area contributed by atoms with Crippen LogP contribution in [0, 0.1) is 15.9 Å². The Kier molecular flexibility index (Phi) is 3.47. The van der Waals surface area contributed by atoms with E-state index in [0.717, 1.165) is 21.4 Å². The first-order chi connectivity index (χ1) is 10.0. The highest BCUT2D eigenvalue weighted by molar-refractivity contribution is 9.10. The van der Waals surface area contributed by atoms with Gasteiger partial charge in [0.15, 0.2) is 0 Å². The van der Waals surface area contributed by atoms with Crippen molar-refractivity contribution < 1.29 is 9.31 Å². The predicted octanol–water partition coefficient (Wildman–Crippen LogP) is 4.50. The highest BCUT2D eigenvalue weighted by Crippen LogP contribution is 2.23. The number of non-ortho nitro benzene ring substituents is 1. The van der Waals surface area contributed by atoms with Gasteiger partial charge < -0.3 is 4.57 Å². The molecule has 0 aliphatic carbocycles. The molecule has 0 radical (unpaired) electrons. The molecule has 0 N–H and O–H groups in total. The molecule has 4 nitrogen and oxygen atoms in total. The van der Waals surface area contributed by atoms with E-state index in [9.17, 15) is 14.5 Å². The van der Waals surface area contributed by atoms with Crippen LogP contribution in [0.4, 0.5) is 10.1 Å². The van der Waals surface area contributed by atoms with Gasteiger partial charge in [0.05, 0.1) is 11.0 Å². The minimum absolute atomic E-state index is 0.232. The summed E-state index contributed by atoms with van der Waals surface area (Å²) in [6, 6.07) is 11.5. The van der Waals surface area contributed by atoms with Gasteiger partial charge in [-0.25, -0.2) is 4.39 Å². The molecule has 0 fully saturated rings. The monoisotopic (exact) mass is 348 g/mol. The van der Waals surface area contributed by atoms with Crippen LogP contribution in [0.1, 0.15) is 5.56 Å². The second-order valence-corrected chi connectivity index (χ2v) is 5.64. The third-order valence-electron chi connectivity index (χ3n) is 3.24. The Bertz CT molecular complexity index is 845. The molecule has 0 amide bonds. The number of nitro groups is 1. The molecule has 0 aliphatic rings. The minimum atomic E-state index is -0.599. The number of halogens is 2. The summed E-state index contributed by atoms with van der Waals surface area (Å²) in [7, 11) is 0. The van der Waals surface area contributed by atoms with Crippen LogP contribution in [0.15, 0.2) is 53.1 Å². The Labute approximate surface area is 128 Å². The lowest BCUT2D eigenvalue weighted by molar-refractivity contribution is -0.385. The number of fused-ring (bicyclic) bond motifs is 1. The van der Waals surface area contributed by atoms with Crippen molar-refractivity contribution in [3.8, 4) is 0 Å². The van der Waals surface area contributed by atoms with E-state index < -0.39 is 10.7 Å². The maximum atomic E-state index is 13.5. The van der Waals surface area contributed by atoms with E-state index in [0.29, 0.717) is 12.1 Å². The Balaban J connectivity index is 2.00. The molecule has 21 heavy (non-hydrogen) atoms. The van der Waals surface area contributed by atoms with Crippen LogP contribution in [0.3, 0.4) is 0 Å². The van der Waals surface area contributed by atoms with Crippen LogP contribution in [0.25, 0.3) is 10.9 Å². The van der Waals surface area contributed by atoms with Gasteiger partial charge in [0.1, 0.15) is 5.82 Å². The van der Waals surface area contributed by atoms with Gasteiger partial charge in [-0.3, -0.25) is 10.1 Å². The fourth-order valence-electron chi connectivity index (χ4n) is 2.34. The van der Waals surface area contributed by atoms with Gasteiger partial charge in [0, 0.05) is 34.2 Å². The zero-order valence-corrected chi connectivity index (χ0v) is 12.4. The third-order valence-corrected chi connectivity index (χ3v) is 3.73. The third kappa shape index (κ3) is 2.80. The number of rotatable bonds is 3. The lowest BCUT2D eigenvalue weighted by atomic mass is 10.2. The molecule has 6 heteroatoms. The average molecular weight is 349 g/mol. The molecule has 0 unspecified atom stereocenters. The summed E-state index contributed by atoms with van der Waals surface area (Å²) in [5.74, 6) is -0.599. The lowest BCUT2D eigenvalue weighted by Gasteiger charge is -2.06. The number of hydrogen-bond acceptors (Lipinski definition) is 2. The Morgan fingerprint density at radius 3 is 2.76 bits per heavy atom. The van der Waals surface area contributed by atoms with E-state index >= 15 is 0 Å². The van der Waals surface area contributed by atoms with Crippen LogP contribution in [-0.4, -0.2) is 9.49 Å². The summed E-state index contributed by atoms with van der Waals surface area (Å²) >= 11 is 3.41. The van der Waals surface area contributed by atoms with Gasteiger partial charge in [-0.05, 0) is 35.9 Å². The topological polar surface area (TPSA) is 48.1 Å². The summed E-state index contributed by atoms with van der Waals surface area (Å²) in [6.45, 7) is 0.379. The van der Waals surface area contributed by atoms with Crippen molar-refractivity contribution in [2.75, 3.05) is 0 Å². The largest absolute Gasteiger partial charge is 0.343 e. The standard InChI is InChI=1S/C15H10BrFN2O2/c16-12-1-2-15-11(7-12)3-4-18(15)9-10-5-13(17)8-14(6-10)19(20)21/h1-8H,9H2. The summed E-state index contributed by atoms with van der Waals surface area (Å²) < 4.78 is 16.4. The van der Waals surface area contributed by atoms with E-state index in [2.05, 4.69) is 15.9 Å². The average Bonchev–Trinajstić information content (AvgIpc) is 2.80. The van der Waals surface area contributed by atoms with Crippen molar-refractivity contribution in [1.82, 2.24) is 4.57 Å². The highest BCUT2D eigenvalue weighted by atomic mass is 79.9. The number of hydrogen-bond donors (Lipinski definition) is 0. The second-order valence-electron chi connectivity index (χ2n) is 4.72. The molecular formula is C15H10BrFN2O2. The number of nitro benzene ring substituents is 1. The molecule has 106 valence electrons. The molecule has 3 aromatic rings. The molecule has 1 heterocycles. The smallest absolute Gasteiger partial charge is 0.272 e. The molecule has 0 spiro atoms. The van der Waals surface area contributed by atoms with Gasteiger partial charge in [-0.1, -0.05) is 15.9 Å². The van der Waals surface area contributed by atoms with Gasteiger partial charge in [0.2, 0.25) is 0 Å². The van der Waals surface area contributed by atoms with Crippen LogP contribution in [-0.2, 0) is 6.54 Å². The van der Waals surface area contributed by atoms with Crippen LogP contribution >= 0.6 is 15.9 Å². The van der Waals surface area contributed by atoms with Crippen molar-refractivity contribution >= 4 is 32.5 Å². The number of nitrogens with zero attached hydrogens (tertiary/aromatic N) is 2. The maximum absolute atomic E-state index is 13.5. The molecule has 0 saturated carbocycles. The maximum Gasteiger partial charge on any atom is 0.272 e. The summed E-state index contributed by atoms with van der Waals surface area (Å²) in [5, 5.41) is 11.8. The fourth-order valence-corrected chi connectivity index (χ4v) is 2.71. The number of benzene rings is 2. The molecular weight excluding hydrogens is 339 g/mol. The van der Waals surface area contributed by atoms with Crippen molar-refractivity contribution in [3.63, 3.8) is 0 Å². The van der Waals surface area contributed by atoms with Crippen molar-refractivity contribution in [1.29, 1.82) is 0 Å². The van der Waals surface area contributed by atoms with Gasteiger partial charge >= 0.3 is 0 Å². The molecule has 0 saturated heterocycles. The Hall–Kier alpha value is -2.21. The SMILES string of the molecule is O=[N+]([O-])c1cc(F)cc(Cn2ccc3cc(Br)ccc32)c1. The molecule has 3 rings (SSSR count). The minimum Gasteiger partial charge on any atom is -0.343 e. The van der Waals surface area contributed by atoms with Gasteiger partial charge in [-0.15, -0.1) is 0 Å². The molecule has 0 aliphatic heterocycles. The Morgan fingerprint density at radius 2 is 2.00 bits per heavy atom. The molecule has 0 bridgehead atoms. The first kappa shape index (κ1) is 13.8. The van der Waals surface area contributed by atoms with E-state index in [-0.39, 0.29) is 5.69 Å². The normalized spacial score (nSPS) is 11.0. The number of aromatic nitrogens is 1. The zero-order chi connectivity index (χ0) is 15.0. The summed E-state index contributed by atoms with van der Waals surface area (Å²) in [5.41, 5.74) is 1.32. The van der Waals surface area contributed by atoms with Gasteiger partial charge in [0.25, 0.3) is 5.69 Å². The summed E-state index contributed by atoms with van der Waals surface area (Å²) in [6.07, 6.45) is 1.88. The first-order valence-corrected chi connectivity index (χ1v) is 7.00. The van der Waals surface area contributed by atoms with Crippen molar-refractivity contribution in [2.24, 2.45) is 0 Å². The first-order valence-electron chi connectivity index (χ1n) is 6.21. The van der Waals surface area contributed by atoms with Crippen molar-refractivity contribution in [3.05, 3.63) is 74.6 Å².